The molecule has 4 heteroatoms. The number of hydrogen-bond donors (Lipinski definition) is 0. The van der Waals surface area contributed by atoms with Gasteiger partial charge in [0.2, 0.25) is 0 Å². The van der Waals surface area contributed by atoms with Gasteiger partial charge in [-0.05, 0) is 141 Å². The number of fused-ring (bicyclic) bond motifs is 6. The summed E-state index contributed by atoms with van der Waals surface area (Å²) >= 11 is 1.84. The van der Waals surface area contributed by atoms with Crippen LogP contribution in [0.3, 0.4) is 0 Å². The molecule has 336 valence electrons. The van der Waals surface area contributed by atoms with Crippen LogP contribution in [0.2, 0.25) is 0 Å². The summed E-state index contributed by atoms with van der Waals surface area (Å²) < 4.78 is 7.85. The monoisotopic (exact) mass is 879 g/mol. The fourth-order valence-electron chi connectivity index (χ4n) is 12.1. The van der Waals surface area contributed by atoms with E-state index in [-0.39, 0.29) is 45.0 Å². The summed E-state index contributed by atoms with van der Waals surface area (Å²) in [5, 5.41) is 5.86. The van der Waals surface area contributed by atoms with Crippen molar-refractivity contribution < 1.29 is 4.42 Å². The molecular formula is C61H70N2OS. The lowest BCUT2D eigenvalue weighted by Crippen LogP contribution is -2.49. The fraction of sp³-hybridized carbons (Fsp3) is 0.443. The molecule has 65 heavy (non-hydrogen) atoms. The van der Waals surface area contributed by atoms with Gasteiger partial charge in [-0.25, -0.2) is 0 Å². The second-order valence-electron chi connectivity index (χ2n) is 24.0. The number of furan rings is 1. The molecule has 0 aliphatic heterocycles. The van der Waals surface area contributed by atoms with Gasteiger partial charge in [0, 0.05) is 56.0 Å². The van der Waals surface area contributed by atoms with Crippen molar-refractivity contribution in [1.82, 2.24) is 0 Å². The molecule has 0 saturated heterocycles. The van der Waals surface area contributed by atoms with E-state index in [0.29, 0.717) is 5.92 Å². The van der Waals surface area contributed by atoms with Crippen molar-refractivity contribution in [3.8, 4) is 0 Å². The smallest absolute Gasteiger partial charge is 0.187 e. The highest BCUT2D eigenvalue weighted by atomic mass is 32.1. The van der Waals surface area contributed by atoms with Crippen molar-refractivity contribution in [1.29, 1.82) is 0 Å². The van der Waals surface area contributed by atoms with Gasteiger partial charge in [0.15, 0.2) is 5.58 Å². The standard InChI is InChI=1S/C61H70N2OS/c1-37-32-50(63(51-36-65-54-27-22-40(33-44(51)54)57(4,5)6)49-19-17-21-53-55(49)43-18-15-16-20-52(43)64-53)39(3)56(38(37)2)62(41-23-25-45-47(34-41)60(11,12)30-28-58(45,7)8)42-24-26-46-48(35-42)61(13,14)31-29-59(46,9)10/h15-16,18-20,22-27,32-39,56H,28-31H2,1-14H3. The SMILES string of the molecule is CC1C=C(N(c2csc3ccc(C(C)(C)C)cc23)c2cc#cc3oc4ccccc4c23)C(C)C(N(c2ccc3c(c2)C(C)(C)CCC3(C)C)c2ccc3c(c2)C(C)(C)CCC3(C)C)C1C. The van der Waals surface area contributed by atoms with E-state index in [1.807, 2.05) is 11.3 Å². The summed E-state index contributed by atoms with van der Waals surface area (Å²) in [5.41, 5.74) is 15.6. The lowest BCUT2D eigenvalue weighted by Gasteiger charge is -2.49. The van der Waals surface area contributed by atoms with Crippen molar-refractivity contribution >= 4 is 66.1 Å². The summed E-state index contributed by atoms with van der Waals surface area (Å²) in [7, 11) is 0. The van der Waals surface area contributed by atoms with Crippen LogP contribution in [-0.4, -0.2) is 6.04 Å². The van der Waals surface area contributed by atoms with Crippen molar-refractivity contribution in [2.45, 2.75) is 156 Å². The summed E-state index contributed by atoms with van der Waals surface area (Å²) in [4.78, 5) is 5.40. The van der Waals surface area contributed by atoms with Crippen LogP contribution in [-0.2, 0) is 27.1 Å². The van der Waals surface area contributed by atoms with Crippen LogP contribution < -0.4 is 9.80 Å². The minimum Gasteiger partial charge on any atom is -0.447 e. The molecule has 3 aliphatic rings. The second kappa shape index (κ2) is 15.0. The highest BCUT2D eigenvalue weighted by molar-refractivity contribution is 7.17. The van der Waals surface area contributed by atoms with Gasteiger partial charge in [0.1, 0.15) is 5.58 Å². The zero-order chi connectivity index (χ0) is 46.2. The molecule has 4 unspecified atom stereocenters. The lowest BCUT2D eigenvalue weighted by atomic mass is 9.63. The predicted molar refractivity (Wildman–Crippen MR) is 279 cm³/mol. The van der Waals surface area contributed by atoms with Crippen molar-refractivity contribution in [2.24, 2.45) is 17.8 Å². The minimum atomic E-state index is 0.00594. The van der Waals surface area contributed by atoms with Gasteiger partial charge in [-0.15, -0.1) is 11.3 Å². The maximum Gasteiger partial charge on any atom is 0.187 e. The molecule has 0 fully saturated rings. The van der Waals surface area contributed by atoms with Crippen molar-refractivity contribution in [3.05, 3.63) is 142 Å². The first-order chi connectivity index (χ1) is 30.6. The summed E-state index contributed by atoms with van der Waals surface area (Å²) in [5.74, 6) is 0.733. The largest absolute Gasteiger partial charge is 0.447 e. The Morgan fingerprint density at radius 1 is 0.662 bits per heavy atom. The van der Waals surface area contributed by atoms with Crippen molar-refractivity contribution in [3.63, 3.8) is 0 Å². The van der Waals surface area contributed by atoms with Crippen LogP contribution in [0, 0.1) is 29.9 Å². The highest BCUT2D eigenvalue weighted by Crippen LogP contribution is 2.54. The topological polar surface area (TPSA) is 19.6 Å². The number of benzene rings is 4. The average molecular weight is 879 g/mol. The molecule has 0 spiro atoms. The summed E-state index contributed by atoms with van der Waals surface area (Å²) in [6.07, 6.45) is 7.37. The van der Waals surface area contributed by atoms with Gasteiger partial charge in [-0.3, -0.25) is 0 Å². The Balaban J connectivity index is 1.22. The number of para-hydroxylation sites is 1. The van der Waals surface area contributed by atoms with E-state index >= 15 is 0 Å². The second-order valence-corrected chi connectivity index (χ2v) is 24.9. The molecule has 7 aromatic rings. The molecule has 5 aromatic carbocycles. The van der Waals surface area contributed by atoms with Gasteiger partial charge >= 0.3 is 0 Å². The summed E-state index contributed by atoms with van der Waals surface area (Å²) in [6.45, 7) is 34.1. The van der Waals surface area contributed by atoms with Crippen LogP contribution in [0.25, 0.3) is 32.0 Å². The number of rotatable bonds is 6. The van der Waals surface area contributed by atoms with Gasteiger partial charge in [-0.1, -0.05) is 145 Å². The first-order valence-electron chi connectivity index (χ1n) is 24.4. The van der Waals surface area contributed by atoms with E-state index in [1.165, 1.54) is 86.3 Å². The highest BCUT2D eigenvalue weighted by Gasteiger charge is 2.44. The van der Waals surface area contributed by atoms with E-state index in [2.05, 4.69) is 215 Å². The third-order valence-corrected chi connectivity index (χ3v) is 17.7. The van der Waals surface area contributed by atoms with Crippen molar-refractivity contribution in [2.75, 3.05) is 9.80 Å². The van der Waals surface area contributed by atoms with Crippen LogP contribution in [0.4, 0.5) is 22.7 Å². The van der Waals surface area contributed by atoms with Gasteiger partial charge in [0.25, 0.3) is 0 Å². The zero-order valence-electron chi connectivity index (χ0n) is 41.6. The van der Waals surface area contributed by atoms with Crippen LogP contribution >= 0.6 is 11.3 Å². The van der Waals surface area contributed by atoms with E-state index in [4.69, 9.17) is 4.42 Å². The molecule has 0 bridgehead atoms. The Bertz CT molecular complexity index is 2940. The predicted octanol–water partition coefficient (Wildman–Crippen LogP) is 17.5. The molecule has 3 aliphatic carbocycles. The molecule has 2 aromatic heterocycles. The number of thiophene rings is 1. The maximum atomic E-state index is 6.55. The first kappa shape index (κ1) is 43.9. The van der Waals surface area contributed by atoms with E-state index in [1.54, 1.807) is 0 Å². The molecule has 2 heterocycles. The Hall–Kier alpha value is -4.98. The number of allylic oxidation sites excluding steroid dienone is 1. The quantitative estimate of drug-likeness (QED) is 0.166. The Labute approximate surface area is 393 Å². The van der Waals surface area contributed by atoms with E-state index in [9.17, 15) is 0 Å². The van der Waals surface area contributed by atoms with Crippen LogP contribution in [0.1, 0.15) is 150 Å². The first-order valence-corrected chi connectivity index (χ1v) is 25.3. The molecule has 0 amide bonds. The minimum absolute atomic E-state index is 0.00594. The Kier molecular flexibility index (Phi) is 10.1. The zero-order valence-corrected chi connectivity index (χ0v) is 42.4. The van der Waals surface area contributed by atoms with Crippen LogP contribution in [0.15, 0.2) is 106 Å². The molecule has 0 radical (unpaired) electrons. The number of anilines is 4. The van der Waals surface area contributed by atoms with Gasteiger partial charge in [-0.2, -0.15) is 0 Å². The molecule has 0 N–H and O–H groups in total. The number of hydrogen-bond acceptors (Lipinski definition) is 4. The lowest BCUT2D eigenvalue weighted by molar-refractivity contribution is 0.289. The number of nitrogens with zero attached hydrogens (tertiary/aromatic N) is 2. The maximum absolute atomic E-state index is 6.55. The fourth-order valence-corrected chi connectivity index (χ4v) is 13.0. The third kappa shape index (κ3) is 7.13. The third-order valence-electron chi connectivity index (χ3n) is 16.7. The normalized spacial score (nSPS) is 23.1. The van der Waals surface area contributed by atoms with Gasteiger partial charge < -0.3 is 14.2 Å². The summed E-state index contributed by atoms with van der Waals surface area (Å²) in [6, 6.07) is 39.8. The molecule has 3 nitrogen and oxygen atoms in total. The Morgan fingerprint density at radius 2 is 1.25 bits per heavy atom. The molecule has 10 rings (SSSR count). The van der Waals surface area contributed by atoms with Gasteiger partial charge in [0.05, 0.1) is 16.8 Å². The van der Waals surface area contributed by atoms with E-state index < -0.39 is 0 Å². The van der Waals surface area contributed by atoms with Crippen LogP contribution in [0.5, 0.6) is 0 Å². The molecule has 0 saturated carbocycles. The van der Waals surface area contributed by atoms with E-state index in [0.717, 1.165) is 27.6 Å². The molecular weight excluding hydrogens is 809 g/mol. The Morgan fingerprint density at radius 3 is 1.85 bits per heavy atom. The molecule has 4 atom stereocenters. The average Bonchev–Trinajstić information content (AvgIpc) is 3.86.